The Kier molecular flexibility index (Phi) is 6.18. The van der Waals surface area contributed by atoms with Crippen LogP contribution in [-0.4, -0.2) is 44.3 Å². The molecule has 3 aromatic rings. The highest BCUT2D eigenvalue weighted by molar-refractivity contribution is 7.90. The number of hydrogen-bond acceptors (Lipinski definition) is 7. The second-order valence-electron chi connectivity index (χ2n) is 8.34. The number of carbonyl (C=O) groups is 1. The number of fused-ring (bicyclic) bond motifs is 1. The average molecular weight is 506 g/mol. The van der Waals surface area contributed by atoms with Gasteiger partial charge in [-0.2, -0.15) is 13.2 Å². The third-order valence-electron chi connectivity index (χ3n) is 5.52. The Balaban J connectivity index is 1.58. The Morgan fingerprint density at radius 3 is 2.57 bits per heavy atom. The maximum Gasteiger partial charge on any atom is 0.416 e. The SMILES string of the molecule is Cc1ccc(NC(=O)c2cccc(C(F)(F)F)c2)cc1N1Cc2cnc(S(C)(=O)=O)nc2N(C)C1. The summed E-state index contributed by atoms with van der Waals surface area (Å²) in [5, 5.41) is 2.42. The number of sulfone groups is 1. The number of anilines is 3. The number of aromatic nitrogens is 2. The molecule has 35 heavy (non-hydrogen) atoms. The van der Waals surface area contributed by atoms with E-state index >= 15 is 0 Å². The van der Waals surface area contributed by atoms with Crippen molar-refractivity contribution in [3.05, 3.63) is 70.9 Å². The molecule has 8 nitrogen and oxygen atoms in total. The van der Waals surface area contributed by atoms with Gasteiger partial charge < -0.3 is 15.1 Å². The summed E-state index contributed by atoms with van der Waals surface area (Å²) in [7, 11) is -1.77. The van der Waals surface area contributed by atoms with Gasteiger partial charge in [0.15, 0.2) is 0 Å². The summed E-state index contributed by atoms with van der Waals surface area (Å²) in [5.74, 6) is -0.142. The number of nitrogens with one attached hydrogen (secondary N) is 1. The molecule has 0 bridgehead atoms. The molecule has 1 N–H and O–H groups in total. The molecule has 0 radical (unpaired) electrons. The number of amides is 1. The number of hydrogen-bond donors (Lipinski definition) is 1. The van der Waals surface area contributed by atoms with Gasteiger partial charge in [0.25, 0.3) is 5.91 Å². The molecule has 12 heteroatoms. The third kappa shape index (κ3) is 5.21. The van der Waals surface area contributed by atoms with Crippen LogP contribution in [-0.2, 0) is 22.6 Å². The van der Waals surface area contributed by atoms with Crippen LogP contribution in [0.5, 0.6) is 0 Å². The lowest BCUT2D eigenvalue weighted by molar-refractivity contribution is -0.137. The first-order chi connectivity index (χ1) is 16.3. The van der Waals surface area contributed by atoms with E-state index in [0.29, 0.717) is 24.7 Å². The molecule has 1 amide bonds. The number of carbonyl (C=O) groups excluding carboxylic acids is 1. The molecule has 0 spiro atoms. The maximum absolute atomic E-state index is 13.0. The number of rotatable bonds is 4. The van der Waals surface area contributed by atoms with Crippen molar-refractivity contribution in [2.24, 2.45) is 0 Å². The van der Waals surface area contributed by atoms with Gasteiger partial charge in [0.05, 0.1) is 12.2 Å². The van der Waals surface area contributed by atoms with Crippen LogP contribution in [0.4, 0.5) is 30.4 Å². The lowest BCUT2D eigenvalue weighted by Gasteiger charge is -2.37. The van der Waals surface area contributed by atoms with Gasteiger partial charge >= 0.3 is 6.18 Å². The summed E-state index contributed by atoms with van der Waals surface area (Å²) >= 11 is 0. The van der Waals surface area contributed by atoms with Crippen molar-refractivity contribution in [1.82, 2.24) is 9.97 Å². The van der Waals surface area contributed by atoms with E-state index in [-0.39, 0.29) is 10.7 Å². The monoisotopic (exact) mass is 505 g/mol. The molecular weight excluding hydrogens is 483 g/mol. The number of halogens is 3. The standard InChI is InChI=1S/C23H22F3N5O3S/c1-14-7-8-18(28-21(32)15-5-4-6-17(9-15)23(24,25)26)10-19(14)31-12-16-11-27-22(35(3,33)34)29-20(16)30(2)13-31/h4-11H,12-13H2,1-3H3,(H,28,32). The van der Waals surface area contributed by atoms with Crippen molar-refractivity contribution in [1.29, 1.82) is 0 Å². The Morgan fingerprint density at radius 2 is 1.89 bits per heavy atom. The van der Waals surface area contributed by atoms with Crippen LogP contribution >= 0.6 is 0 Å². The quantitative estimate of drug-likeness (QED) is 0.538. The van der Waals surface area contributed by atoms with Crippen LogP contribution in [0.15, 0.2) is 53.8 Å². The summed E-state index contributed by atoms with van der Waals surface area (Å²) < 4.78 is 62.6. The van der Waals surface area contributed by atoms with Crippen LogP contribution in [0.1, 0.15) is 27.0 Å². The largest absolute Gasteiger partial charge is 0.416 e. The topological polar surface area (TPSA) is 95.5 Å². The van der Waals surface area contributed by atoms with Crippen molar-refractivity contribution in [2.75, 3.05) is 35.1 Å². The molecule has 2 heterocycles. The molecule has 0 fully saturated rings. The van der Waals surface area contributed by atoms with Crippen molar-refractivity contribution >= 4 is 32.9 Å². The van der Waals surface area contributed by atoms with Crippen LogP contribution in [0, 0.1) is 6.92 Å². The molecule has 0 aliphatic carbocycles. The summed E-state index contributed by atoms with van der Waals surface area (Å²) in [6.07, 6.45) is -2.02. The van der Waals surface area contributed by atoms with Gasteiger partial charge in [-0.15, -0.1) is 0 Å². The van der Waals surface area contributed by atoms with E-state index in [4.69, 9.17) is 0 Å². The van der Waals surface area contributed by atoms with Crippen molar-refractivity contribution < 1.29 is 26.4 Å². The highest BCUT2D eigenvalue weighted by Crippen LogP contribution is 2.32. The van der Waals surface area contributed by atoms with Crippen LogP contribution < -0.4 is 15.1 Å². The Morgan fingerprint density at radius 1 is 1.14 bits per heavy atom. The smallest absolute Gasteiger partial charge is 0.349 e. The molecule has 4 rings (SSSR count). The predicted molar refractivity (Wildman–Crippen MR) is 125 cm³/mol. The van der Waals surface area contributed by atoms with E-state index in [9.17, 15) is 26.4 Å². The van der Waals surface area contributed by atoms with E-state index in [2.05, 4.69) is 15.3 Å². The zero-order chi connectivity index (χ0) is 25.5. The molecule has 2 aromatic carbocycles. The van der Waals surface area contributed by atoms with Crippen LogP contribution in [0.2, 0.25) is 0 Å². The highest BCUT2D eigenvalue weighted by Gasteiger charge is 2.31. The second kappa shape index (κ2) is 8.84. The van der Waals surface area contributed by atoms with Crippen LogP contribution in [0.3, 0.4) is 0 Å². The van der Waals surface area contributed by atoms with Crippen LogP contribution in [0.25, 0.3) is 0 Å². The van der Waals surface area contributed by atoms with Gasteiger partial charge in [0.1, 0.15) is 5.82 Å². The van der Waals surface area contributed by atoms with Gasteiger partial charge in [-0.3, -0.25) is 4.79 Å². The zero-order valence-corrected chi connectivity index (χ0v) is 19.9. The average Bonchev–Trinajstić information content (AvgIpc) is 2.79. The summed E-state index contributed by atoms with van der Waals surface area (Å²) in [5.41, 5.74) is 1.84. The minimum Gasteiger partial charge on any atom is -0.349 e. The van der Waals surface area contributed by atoms with Crippen molar-refractivity contribution in [3.8, 4) is 0 Å². The zero-order valence-electron chi connectivity index (χ0n) is 19.1. The molecule has 1 aliphatic heterocycles. The van der Waals surface area contributed by atoms with Crippen molar-refractivity contribution in [2.45, 2.75) is 24.8 Å². The Bertz CT molecular complexity index is 1410. The first-order valence-corrected chi connectivity index (χ1v) is 12.3. The van der Waals surface area contributed by atoms with E-state index < -0.39 is 27.5 Å². The number of aryl methyl sites for hydroxylation is 1. The van der Waals surface area contributed by atoms with E-state index in [0.717, 1.165) is 35.2 Å². The molecule has 1 aliphatic rings. The van der Waals surface area contributed by atoms with Gasteiger partial charge in [-0.1, -0.05) is 12.1 Å². The minimum absolute atomic E-state index is 0.104. The molecule has 184 valence electrons. The maximum atomic E-state index is 13.0. The Hall–Kier alpha value is -3.67. The fourth-order valence-corrected chi connectivity index (χ4v) is 4.31. The van der Waals surface area contributed by atoms with E-state index in [1.807, 2.05) is 11.8 Å². The lowest BCUT2D eigenvalue weighted by Crippen LogP contribution is -2.41. The number of nitrogens with zero attached hydrogens (tertiary/aromatic N) is 4. The fourth-order valence-electron chi connectivity index (χ4n) is 3.81. The Labute approximate surface area is 200 Å². The molecule has 0 saturated carbocycles. The van der Waals surface area contributed by atoms with Gasteiger partial charge in [0.2, 0.25) is 15.0 Å². The van der Waals surface area contributed by atoms with E-state index in [1.165, 1.54) is 18.3 Å². The molecule has 0 unspecified atom stereocenters. The normalized spacial score (nSPS) is 14.0. The molecular formula is C23H22F3N5O3S. The predicted octanol–water partition coefficient (Wildman–Crippen LogP) is 3.87. The lowest BCUT2D eigenvalue weighted by atomic mass is 10.1. The van der Waals surface area contributed by atoms with Crippen molar-refractivity contribution in [3.63, 3.8) is 0 Å². The molecule has 0 atom stereocenters. The number of benzene rings is 2. The third-order valence-corrected chi connectivity index (χ3v) is 6.38. The van der Waals surface area contributed by atoms with Gasteiger partial charge in [0, 0.05) is 48.5 Å². The minimum atomic E-state index is -4.55. The summed E-state index contributed by atoms with van der Waals surface area (Å²) in [6, 6.07) is 9.45. The number of alkyl halides is 3. The second-order valence-corrected chi connectivity index (χ2v) is 10.3. The van der Waals surface area contributed by atoms with E-state index in [1.54, 1.807) is 30.1 Å². The summed E-state index contributed by atoms with van der Waals surface area (Å²) in [4.78, 5) is 24.6. The van der Waals surface area contributed by atoms with Gasteiger partial charge in [-0.25, -0.2) is 18.4 Å². The first-order valence-electron chi connectivity index (χ1n) is 10.4. The highest BCUT2D eigenvalue weighted by atomic mass is 32.2. The molecule has 1 aromatic heterocycles. The summed E-state index contributed by atoms with van der Waals surface area (Å²) in [6.45, 7) is 2.68. The van der Waals surface area contributed by atoms with Gasteiger partial charge in [-0.05, 0) is 42.8 Å². The molecule has 0 saturated heterocycles. The fraction of sp³-hybridized carbons (Fsp3) is 0.261. The first kappa shape index (κ1) is 24.5.